The zero-order chi connectivity index (χ0) is 16.5. The lowest BCUT2D eigenvalue weighted by molar-refractivity contribution is -0.121. The monoisotopic (exact) mass is 378 g/mol. The Kier molecular flexibility index (Phi) is 8.78. The van der Waals surface area contributed by atoms with Crippen molar-refractivity contribution >= 4 is 45.3 Å². The summed E-state index contributed by atoms with van der Waals surface area (Å²) in [7, 11) is 3.50. The molecule has 0 aliphatic carbocycles. The largest absolute Gasteiger partial charge is 0.355 e. The second kappa shape index (κ2) is 10.6. The maximum absolute atomic E-state index is 11.7. The summed E-state index contributed by atoms with van der Waals surface area (Å²) < 4.78 is 0. The van der Waals surface area contributed by atoms with Crippen molar-refractivity contribution in [3.05, 3.63) is 0 Å². The van der Waals surface area contributed by atoms with E-state index in [4.69, 9.17) is 5.73 Å². The van der Waals surface area contributed by atoms with E-state index >= 15 is 0 Å². The first-order valence-corrected chi connectivity index (χ1v) is 11.6. The van der Waals surface area contributed by atoms with E-state index in [2.05, 4.69) is 16.0 Å². The molecule has 2 aliphatic heterocycles. The summed E-state index contributed by atoms with van der Waals surface area (Å²) in [5.41, 5.74) is 5.41. The Balaban J connectivity index is 1.46. The van der Waals surface area contributed by atoms with Crippen molar-refractivity contribution in [2.45, 2.75) is 43.0 Å². The number of carbonyl (C=O) groups is 2. The molecule has 3 atom stereocenters. The van der Waals surface area contributed by atoms with Crippen molar-refractivity contribution in [3.8, 4) is 0 Å². The van der Waals surface area contributed by atoms with Crippen LogP contribution in [0.25, 0.3) is 0 Å². The summed E-state index contributed by atoms with van der Waals surface area (Å²) in [6.45, 7) is 1.42. The highest BCUT2D eigenvalue weighted by Crippen LogP contribution is 2.33. The molecule has 2 aliphatic rings. The molecule has 2 fully saturated rings. The number of thioether (sulfide) groups is 1. The van der Waals surface area contributed by atoms with Gasteiger partial charge < -0.3 is 21.7 Å². The van der Waals surface area contributed by atoms with Gasteiger partial charge in [0.05, 0.1) is 12.1 Å². The molecule has 9 heteroatoms. The highest BCUT2D eigenvalue weighted by Gasteiger charge is 2.42. The van der Waals surface area contributed by atoms with Gasteiger partial charge in [0.1, 0.15) is 0 Å². The minimum Gasteiger partial charge on any atom is -0.355 e. The van der Waals surface area contributed by atoms with Gasteiger partial charge in [-0.3, -0.25) is 4.79 Å². The van der Waals surface area contributed by atoms with Crippen molar-refractivity contribution in [3.63, 3.8) is 0 Å². The number of nitrogens with one attached hydrogen (secondary N) is 3. The number of fused-ring (bicyclic) bond motifs is 1. The van der Waals surface area contributed by atoms with Crippen LogP contribution in [-0.4, -0.2) is 59.6 Å². The first-order chi connectivity index (χ1) is 11.2. The van der Waals surface area contributed by atoms with Gasteiger partial charge in [0.25, 0.3) is 0 Å². The lowest BCUT2D eigenvalue weighted by Gasteiger charge is -2.16. The van der Waals surface area contributed by atoms with Crippen molar-refractivity contribution < 1.29 is 9.59 Å². The van der Waals surface area contributed by atoms with Crippen molar-refractivity contribution in [1.82, 2.24) is 16.0 Å². The predicted octanol–water partition coefficient (Wildman–Crippen LogP) is 1.17. The number of nitrogens with two attached hydrogens (primary N) is 1. The number of unbranched alkanes of at least 4 members (excludes halogenated alkanes) is 1. The van der Waals surface area contributed by atoms with Crippen molar-refractivity contribution in [2.75, 3.05) is 30.3 Å². The van der Waals surface area contributed by atoms with Crippen LogP contribution in [0, 0.1) is 0 Å². The fourth-order valence-electron chi connectivity index (χ4n) is 2.76. The van der Waals surface area contributed by atoms with Crippen LogP contribution in [0.15, 0.2) is 0 Å². The Morgan fingerprint density at radius 1 is 1.30 bits per heavy atom. The molecule has 2 saturated heterocycles. The number of rotatable bonds is 11. The Morgan fingerprint density at radius 2 is 2.13 bits per heavy atom. The smallest absolute Gasteiger partial charge is 0.315 e. The summed E-state index contributed by atoms with van der Waals surface area (Å²) in [4.78, 5) is 23.0. The van der Waals surface area contributed by atoms with E-state index in [1.807, 2.05) is 11.8 Å². The Hall–Kier alpha value is -0.250. The van der Waals surface area contributed by atoms with Gasteiger partial charge in [-0.25, -0.2) is 4.79 Å². The zero-order valence-corrected chi connectivity index (χ0v) is 15.7. The summed E-state index contributed by atoms with van der Waals surface area (Å²) in [5, 5.41) is 9.39. The van der Waals surface area contributed by atoms with Crippen molar-refractivity contribution in [1.29, 1.82) is 0 Å². The fourth-order valence-corrected chi connectivity index (χ4v) is 6.07. The van der Waals surface area contributed by atoms with Crippen LogP contribution >= 0.6 is 33.3 Å². The van der Waals surface area contributed by atoms with Gasteiger partial charge in [0.2, 0.25) is 5.91 Å². The molecular weight excluding hydrogens is 352 g/mol. The Bertz CT molecular complexity index is 400. The summed E-state index contributed by atoms with van der Waals surface area (Å²) in [5.74, 6) is 3.01. The van der Waals surface area contributed by atoms with E-state index in [1.54, 1.807) is 21.6 Å². The zero-order valence-electron chi connectivity index (χ0n) is 13.2. The minimum absolute atomic E-state index is 0.0350. The molecule has 132 valence electrons. The third-order valence-corrected chi connectivity index (χ3v) is 7.82. The average molecular weight is 379 g/mol. The number of urea groups is 1. The van der Waals surface area contributed by atoms with E-state index in [-0.39, 0.29) is 24.0 Å². The van der Waals surface area contributed by atoms with Crippen LogP contribution in [0.2, 0.25) is 0 Å². The summed E-state index contributed by atoms with van der Waals surface area (Å²) in [6, 6.07) is 0.520. The van der Waals surface area contributed by atoms with Crippen LogP contribution in [0.3, 0.4) is 0 Å². The van der Waals surface area contributed by atoms with E-state index in [1.165, 1.54) is 0 Å². The topological polar surface area (TPSA) is 96.2 Å². The molecule has 2 rings (SSSR count). The van der Waals surface area contributed by atoms with Crippen LogP contribution in [-0.2, 0) is 4.79 Å². The normalized spacial score (nSPS) is 25.8. The van der Waals surface area contributed by atoms with E-state index in [0.717, 1.165) is 43.1 Å². The molecule has 6 nitrogen and oxygen atoms in total. The standard InChI is InChI=1S/C14H26N4O2S3/c15-5-7-22-23-8-6-16-12(19)4-2-1-3-11-13-10(9-21-11)17-14(20)18-13/h10-11,13H,1-9,15H2,(H,16,19)(H2,17,18,20)/t10?,11-,13?/m0/s1. The van der Waals surface area contributed by atoms with Gasteiger partial charge in [0.15, 0.2) is 0 Å². The van der Waals surface area contributed by atoms with E-state index in [9.17, 15) is 9.59 Å². The second-order valence-electron chi connectivity index (χ2n) is 5.65. The highest BCUT2D eigenvalue weighted by atomic mass is 33.1. The fraction of sp³-hybridized carbons (Fsp3) is 0.857. The molecular formula is C14H26N4O2S3. The molecule has 0 bridgehead atoms. The number of hydrogen-bond acceptors (Lipinski definition) is 6. The van der Waals surface area contributed by atoms with E-state index < -0.39 is 0 Å². The molecule has 5 N–H and O–H groups in total. The molecule has 0 spiro atoms. The van der Waals surface area contributed by atoms with Gasteiger partial charge in [-0.1, -0.05) is 28.0 Å². The third-order valence-electron chi connectivity index (χ3n) is 3.87. The molecule has 2 unspecified atom stereocenters. The summed E-state index contributed by atoms with van der Waals surface area (Å²) >= 11 is 1.93. The second-order valence-corrected chi connectivity index (χ2v) is 9.62. The number of carbonyl (C=O) groups excluding carboxylic acids is 2. The lowest BCUT2D eigenvalue weighted by atomic mass is 10.0. The Morgan fingerprint density at radius 3 is 2.96 bits per heavy atom. The average Bonchev–Trinajstić information content (AvgIpc) is 3.07. The van der Waals surface area contributed by atoms with E-state index in [0.29, 0.717) is 18.2 Å². The molecule has 3 amide bonds. The van der Waals surface area contributed by atoms with Gasteiger partial charge in [0, 0.05) is 42.0 Å². The molecule has 0 aromatic rings. The van der Waals surface area contributed by atoms with Crippen LogP contribution in [0.1, 0.15) is 25.7 Å². The van der Waals surface area contributed by atoms with Gasteiger partial charge in [-0.05, 0) is 12.8 Å². The quantitative estimate of drug-likeness (QED) is 0.245. The van der Waals surface area contributed by atoms with Crippen LogP contribution < -0.4 is 21.7 Å². The number of hydrogen-bond donors (Lipinski definition) is 4. The van der Waals surface area contributed by atoms with Gasteiger partial charge in [-0.2, -0.15) is 11.8 Å². The summed E-state index contributed by atoms with van der Waals surface area (Å²) in [6.07, 6.45) is 3.60. The SMILES string of the molecule is NCCSSCCNC(=O)CCCC[C@@H]1SCC2NC(=O)NC21. The molecule has 0 radical (unpaired) electrons. The highest BCUT2D eigenvalue weighted by molar-refractivity contribution is 8.76. The number of amides is 3. The molecule has 23 heavy (non-hydrogen) atoms. The maximum Gasteiger partial charge on any atom is 0.315 e. The maximum atomic E-state index is 11.7. The first kappa shape index (κ1) is 19.1. The third kappa shape index (κ3) is 6.64. The lowest BCUT2D eigenvalue weighted by Crippen LogP contribution is -2.36. The predicted molar refractivity (Wildman–Crippen MR) is 101 cm³/mol. The molecule has 2 heterocycles. The van der Waals surface area contributed by atoms with Gasteiger partial charge >= 0.3 is 6.03 Å². The van der Waals surface area contributed by atoms with Crippen molar-refractivity contribution in [2.24, 2.45) is 5.73 Å². The molecule has 0 aromatic heterocycles. The first-order valence-electron chi connectivity index (χ1n) is 8.10. The van der Waals surface area contributed by atoms with Gasteiger partial charge in [-0.15, -0.1) is 0 Å². The minimum atomic E-state index is -0.0350. The molecule has 0 aromatic carbocycles. The van der Waals surface area contributed by atoms with Crippen LogP contribution in [0.5, 0.6) is 0 Å². The van der Waals surface area contributed by atoms with Crippen LogP contribution in [0.4, 0.5) is 4.79 Å². The molecule has 0 saturated carbocycles. The Labute approximate surface area is 150 Å².